The lowest BCUT2D eigenvalue weighted by Gasteiger charge is -2.06. The van der Waals surface area contributed by atoms with Gasteiger partial charge in [0.1, 0.15) is 11.4 Å². The summed E-state index contributed by atoms with van der Waals surface area (Å²) in [5.41, 5.74) is 2.26. The Labute approximate surface area is 238 Å². The van der Waals surface area contributed by atoms with Crippen LogP contribution in [0.15, 0.2) is 58.4 Å². The van der Waals surface area contributed by atoms with Crippen molar-refractivity contribution in [3.8, 4) is 22.2 Å². The fourth-order valence-corrected chi connectivity index (χ4v) is 5.04. The summed E-state index contributed by atoms with van der Waals surface area (Å²) in [5, 5.41) is 15.1. The number of aromatic hydroxyl groups is 1. The Balaban J connectivity index is 1.39. The van der Waals surface area contributed by atoms with Crippen molar-refractivity contribution in [3.05, 3.63) is 80.4 Å². The van der Waals surface area contributed by atoms with Gasteiger partial charge < -0.3 is 19.6 Å². The van der Waals surface area contributed by atoms with E-state index in [2.05, 4.69) is 15.1 Å². The number of unbranched alkanes of at least 4 members (excludes halogenated alkanes) is 2. The molecule has 5 rings (SSSR count). The van der Waals surface area contributed by atoms with E-state index in [1.165, 1.54) is 0 Å². The summed E-state index contributed by atoms with van der Waals surface area (Å²) in [7, 11) is 0. The van der Waals surface area contributed by atoms with Crippen LogP contribution in [0.1, 0.15) is 43.2 Å². The molecule has 0 aliphatic heterocycles. The fraction of sp³-hybridized carbons (Fsp3) is 0.276. The number of hydrogen-bond acceptors (Lipinski definition) is 9. The number of aromatic nitrogens is 5. The molecule has 4 heterocycles. The molecular weight excluding hydrogens is 544 g/mol. The lowest BCUT2D eigenvalue weighted by Crippen LogP contribution is -2.18. The molecular formula is C29H30N6O5S. The number of nitrogens with one attached hydrogen (secondary N) is 2. The highest BCUT2D eigenvalue weighted by Crippen LogP contribution is 2.25. The third kappa shape index (κ3) is 6.90. The number of carbonyl (C=O) groups is 1. The third-order valence-corrected chi connectivity index (χ3v) is 7.21. The molecule has 0 aliphatic carbocycles. The van der Waals surface area contributed by atoms with E-state index in [-0.39, 0.29) is 17.5 Å². The predicted octanol–water partition coefficient (Wildman–Crippen LogP) is 3.77. The largest absolute Gasteiger partial charge is 0.494 e. The highest BCUT2D eigenvalue weighted by Gasteiger charge is 2.11. The summed E-state index contributed by atoms with van der Waals surface area (Å²) < 4.78 is 12.4. The van der Waals surface area contributed by atoms with E-state index in [9.17, 15) is 14.7 Å². The van der Waals surface area contributed by atoms with Gasteiger partial charge in [0.2, 0.25) is 5.88 Å². The molecule has 3 N–H and O–H groups in total. The van der Waals surface area contributed by atoms with Gasteiger partial charge in [-0.25, -0.2) is 14.8 Å². The molecule has 5 aromatic rings. The molecule has 12 heteroatoms. The minimum absolute atomic E-state index is 0.155. The van der Waals surface area contributed by atoms with Gasteiger partial charge in [-0.1, -0.05) is 0 Å². The molecule has 0 fully saturated rings. The van der Waals surface area contributed by atoms with Gasteiger partial charge in [-0.05, 0) is 75.6 Å². The monoisotopic (exact) mass is 574 g/mol. The van der Waals surface area contributed by atoms with Crippen molar-refractivity contribution in [1.29, 1.82) is 0 Å². The van der Waals surface area contributed by atoms with Crippen molar-refractivity contribution >= 4 is 34.7 Å². The molecule has 0 atom stereocenters. The Hall–Kier alpha value is -4.71. The van der Waals surface area contributed by atoms with Gasteiger partial charge in [0.25, 0.3) is 0 Å². The van der Waals surface area contributed by atoms with Crippen LogP contribution < -0.4 is 21.1 Å². The van der Waals surface area contributed by atoms with Crippen molar-refractivity contribution in [2.24, 2.45) is 4.99 Å². The van der Waals surface area contributed by atoms with Crippen molar-refractivity contribution in [2.45, 2.75) is 39.5 Å². The summed E-state index contributed by atoms with van der Waals surface area (Å²) in [5.74, 6) is 0.321. The van der Waals surface area contributed by atoms with Gasteiger partial charge in [-0.3, -0.25) is 9.78 Å². The summed E-state index contributed by atoms with van der Waals surface area (Å²) in [6.45, 7) is 4.81. The molecule has 0 amide bonds. The second kappa shape index (κ2) is 12.6. The molecule has 212 valence electrons. The van der Waals surface area contributed by atoms with Crippen LogP contribution >= 0.6 is 11.3 Å². The van der Waals surface area contributed by atoms with Crippen LogP contribution in [-0.2, 0) is 9.53 Å². The van der Waals surface area contributed by atoms with Crippen LogP contribution in [0.2, 0.25) is 0 Å². The number of esters is 1. The number of nitrogens with zero attached hydrogens (tertiary/aromatic N) is 4. The first kappa shape index (κ1) is 27.8. The van der Waals surface area contributed by atoms with E-state index in [1.54, 1.807) is 35.0 Å². The summed E-state index contributed by atoms with van der Waals surface area (Å²) in [4.78, 5) is 39.7. The lowest BCUT2D eigenvalue weighted by atomic mass is 10.2. The fourth-order valence-electron chi connectivity index (χ4n) is 4.21. The maximum atomic E-state index is 11.6. The summed E-state index contributed by atoms with van der Waals surface area (Å²) >= 11 is 1.62. The number of ether oxygens (including phenoxy) is 2. The predicted molar refractivity (Wildman–Crippen MR) is 155 cm³/mol. The van der Waals surface area contributed by atoms with Gasteiger partial charge in [0, 0.05) is 22.6 Å². The molecule has 0 spiro atoms. The number of H-pyrrole nitrogens is 2. The summed E-state index contributed by atoms with van der Waals surface area (Å²) in [6, 6.07) is 13.4. The van der Waals surface area contributed by atoms with Crippen molar-refractivity contribution in [3.63, 3.8) is 0 Å². The molecule has 4 aromatic heterocycles. The molecule has 0 saturated heterocycles. The second-order valence-electron chi connectivity index (χ2n) is 9.30. The minimum Gasteiger partial charge on any atom is -0.494 e. The molecule has 1 aromatic carbocycles. The molecule has 0 unspecified atom stereocenters. The quantitative estimate of drug-likeness (QED) is 0.161. The highest BCUT2D eigenvalue weighted by molar-refractivity contribution is 7.15. The number of benzene rings is 1. The van der Waals surface area contributed by atoms with E-state index in [0.29, 0.717) is 41.7 Å². The van der Waals surface area contributed by atoms with Crippen molar-refractivity contribution in [1.82, 2.24) is 24.6 Å². The number of rotatable bonds is 11. The Morgan fingerprint density at radius 1 is 1.15 bits per heavy atom. The Bertz CT molecular complexity index is 1830. The van der Waals surface area contributed by atoms with Gasteiger partial charge in [-0.2, -0.15) is 9.61 Å². The Morgan fingerprint density at radius 2 is 1.98 bits per heavy atom. The highest BCUT2D eigenvalue weighted by atomic mass is 32.1. The average molecular weight is 575 g/mol. The van der Waals surface area contributed by atoms with E-state index < -0.39 is 5.69 Å². The van der Waals surface area contributed by atoms with E-state index in [4.69, 9.17) is 19.5 Å². The SMILES string of the molecule is CCOC(=O)CCCCCOc1ccc(N=c2cc(-c3ccc(C)s3)nc3c(=Cc4[nH]c(=O)[nH]c4O)cnn23)cc1. The van der Waals surface area contributed by atoms with Crippen LogP contribution in [0.5, 0.6) is 11.6 Å². The number of hydrogen-bond donors (Lipinski definition) is 3. The van der Waals surface area contributed by atoms with Crippen LogP contribution in [-0.4, -0.2) is 48.9 Å². The summed E-state index contributed by atoms with van der Waals surface area (Å²) in [6.07, 6.45) is 6.17. The maximum Gasteiger partial charge on any atom is 0.326 e. The average Bonchev–Trinajstić information content (AvgIpc) is 3.65. The number of thiophene rings is 1. The van der Waals surface area contributed by atoms with E-state index >= 15 is 0 Å². The normalized spacial score (nSPS) is 12.3. The number of imidazole rings is 1. The first-order valence-corrected chi connectivity index (χ1v) is 14.1. The molecule has 0 radical (unpaired) electrons. The Kier molecular flexibility index (Phi) is 8.59. The van der Waals surface area contributed by atoms with Crippen molar-refractivity contribution < 1.29 is 19.4 Å². The number of fused-ring (bicyclic) bond motifs is 1. The zero-order chi connectivity index (χ0) is 28.8. The molecule has 0 saturated carbocycles. The van der Waals surface area contributed by atoms with Crippen LogP contribution in [0.4, 0.5) is 5.69 Å². The van der Waals surface area contributed by atoms with E-state index in [0.717, 1.165) is 40.5 Å². The zero-order valence-electron chi connectivity index (χ0n) is 22.7. The van der Waals surface area contributed by atoms with E-state index in [1.807, 2.05) is 49.4 Å². The maximum absolute atomic E-state index is 11.6. The number of aromatic amines is 2. The number of carbonyl (C=O) groups excluding carboxylic acids is 1. The van der Waals surface area contributed by atoms with Gasteiger partial charge >= 0.3 is 11.7 Å². The van der Waals surface area contributed by atoms with Crippen LogP contribution in [0.3, 0.4) is 0 Å². The first-order chi connectivity index (χ1) is 19.9. The van der Waals surface area contributed by atoms with Gasteiger partial charge in [0.15, 0.2) is 11.1 Å². The van der Waals surface area contributed by atoms with Crippen molar-refractivity contribution in [2.75, 3.05) is 13.2 Å². The lowest BCUT2D eigenvalue weighted by molar-refractivity contribution is -0.143. The smallest absolute Gasteiger partial charge is 0.326 e. The molecule has 11 nitrogen and oxygen atoms in total. The van der Waals surface area contributed by atoms with Crippen LogP contribution in [0, 0.1) is 6.92 Å². The standard InChI is InChI=1S/C29H30N6O5S/c1-3-39-26(36)7-5-4-6-14-40-21-11-9-20(10-12-21)31-25-16-22(24-13-8-18(2)41-24)32-27-19(17-30-35(25)27)15-23-28(37)34-29(38)33-23/h8-13,15-17,37H,3-7,14H2,1-2H3,(H2,33,34,38). The number of aryl methyl sites for hydroxylation is 1. The molecule has 0 aliphatic rings. The second-order valence-corrected chi connectivity index (χ2v) is 10.6. The topological polar surface area (TPSA) is 147 Å². The molecule has 0 bridgehead atoms. The van der Waals surface area contributed by atoms with Gasteiger partial charge in [-0.15, -0.1) is 11.3 Å². The van der Waals surface area contributed by atoms with Gasteiger partial charge in [0.05, 0.1) is 35.7 Å². The Morgan fingerprint density at radius 3 is 2.68 bits per heavy atom. The molecule has 41 heavy (non-hydrogen) atoms. The third-order valence-electron chi connectivity index (χ3n) is 6.19. The first-order valence-electron chi connectivity index (χ1n) is 13.3. The van der Waals surface area contributed by atoms with Crippen LogP contribution in [0.25, 0.3) is 22.3 Å². The minimum atomic E-state index is -0.509. The zero-order valence-corrected chi connectivity index (χ0v) is 23.5.